The minimum Gasteiger partial charge on any atom is -0.494 e. The molecule has 0 bridgehead atoms. The van der Waals surface area contributed by atoms with E-state index in [1.165, 1.54) is 0 Å². The lowest BCUT2D eigenvalue weighted by molar-refractivity contribution is -0.119. The second kappa shape index (κ2) is 7.88. The molecule has 0 amide bonds. The van der Waals surface area contributed by atoms with Crippen LogP contribution >= 0.6 is 0 Å². The van der Waals surface area contributed by atoms with Gasteiger partial charge in [0.1, 0.15) is 11.5 Å². The first-order chi connectivity index (χ1) is 8.18. The van der Waals surface area contributed by atoms with Crippen LogP contribution in [-0.2, 0) is 4.79 Å². The fraction of sp³-hybridized carbons (Fsp3) is 0.533. The highest BCUT2D eigenvalue weighted by molar-refractivity contribution is 5.78. The summed E-state index contributed by atoms with van der Waals surface area (Å²) >= 11 is 0. The average molecular weight is 234 g/mol. The van der Waals surface area contributed by atoms with Crippen LogP contribution in [0, 0.1) is 5.92 Å². The van der Waals surface area contributed by atoms with Crippen LogP contribution in [0.15, 0.2) is 30.3 Å². The van der Waals surface area contributed by atoms with E-state index >= 15 is 0 Å². The Morgan fingerprint density at radius 2 is 1.88 bits per heavy atom. The molecule has 0 spiro atoms. The monoisotopic (exact) mass is 234 g/mol. The van der Waals surface area contributed by atoms with Crippen molar-refractivity contribution in [2.45, 2.75) is 39.5 Å². The van der Waals surface area contributed by atoms with Crippen molar-refractivity contribution in [3.63, 3.8) is 0 Å². The Morgan fingerprint density at radius 3 is 2.53 bits per heavy atom. The number of benzene rings is 1. The van der Waals surface area contributed by atoms with Gasteiger partial charge in [-0.1, -0.05) is 32.0 Å². The summed E-state index contributed by atoms with van der Waals surface area (Å²) in [5, 5.41) is 0. The summed E-state index contributed by atoms with van der Waals surface area (Å²) in [7, 11) is 0. The largest absolute Gasteiger partial charge is 0.494 e. The minimum atomic E-state index is 0.375. The zero-order valence-electron chi connectivity index (χ0n) is 10.8. The van der Waals surface area contributed by atoms with E-state index in [0.717, 1.165) is 18.6 Å². The van der Waals surface area contributed by atoms with Gasteiger partial charge in [0.05, 0.1) is 6.61 Å². The molecule has 0 atom stereocenters. The number of ether oxygens (including phenoxy) is 1. The lowest BCUT2D eigenvalue weighted by Crippen LogP contribution is -2.04. The van der Waals surface area contributed by atoms with Gasteiger partial charge < -0.3 is 4.74 Å². The molecule has 0 aliphatic carbocycles. The predicted octanol–water partition coefficient (Wildman–Crippen LogP) is 3.85. The minimum absolute atomic E-state index is 0.375. The number of rotatable bonds is 8. The number of carbonyl (C=O) groups is 1. The number of hydrogen-bond donors (Lipinski definition) is 0. The molecule has 2 heteroatoms. The van der Waals surface area contributed by atoms with Crippen LogP contribution in [0.5, 0.6) is 5.75 Å². The standard InChI is InChI=1S/C15H22O2/c1-13(2)12-14(16)8-6-7-11-17-15-9-4-3-5-10-15/h3-5,9-10,13H,6-8,11-12H2,1-2H3. The molecule has 0 unspecified atom stereocenters. The Kier molecular flexibility index (Phi) is 6.38. The molecule has 0 aromatic heterocycles. The van der Waals surface area contributed by atoms with Crippen molar-refractivity contribution in [2.75, 3.05) is 6.61 Å². The molecule has 1 aromatic carbocycles. The van der Waals surface area contributed by atoms with Crippen molar-refractivity contribution in [3.05, 3.63) is 30.3 Å². The van der Waals surface area contributed by atoms with Crippen LogP contribution in [0.3, 0.4) is 0 Å². The smallest absolute Gasteiger partial charge is 0.133 e. The first-order valence-electron chi connectivity index (χ1n) is 6.38. The first kappa shape index (κ1) is 13.8. The molecule has 0 radical (unpaired) electrons. The molecular weight excluding hydrogens is 212 g/mol. The molecule has 2 nitrogen and oxygen atoms in total. The zero-order chi connectivity index (χ0) is 12.5. The van der Waals surface area contributed by atoms with Crippen LogP contribution in [0.25, 0.3) is 0 Å². The van der Waals surface area contributed by atoms with Crippen molar-refractivity contribution in [1.29, 1.82) is 0 Å². The van der Waals surface area contributed by atoms with Gasteiger partial charge in [-0.25, -0.2) is 0 Å². The fourth-order valence-corrected chi connectivity index (χ4v) is 1.69. The van der Waals surface area contributed by atoms with Crippen LogP contribution in [0.1, 0.15) is 39.5 Å². The Labute approximate surface area is 104 Å². The second-order valence-corrected chi connectivity index (χ2v) is 4.76. The van der Waals surface area contributed by atoms with Crippen LogP contribution in [-0.4, -0.2) is 12.4 Å². The lowest BCUT2D eigenvalue weighted by Gasteiger charge is -2.06. The number of unbranched alkanes of at least 4 members (excludes halogenated alkanes) is 1. The maximum atomic E-state index is 11.4. The zero-order valence-corrected chi connectivity index (χ0v) is 10.8. The van der Waals surface area contributed by atoms with E-state index in [-0.39, 0.29) is 0 Å². The molecule has 0 aliphatic heterocycles. The van der Waals surface area contributed by atoms with E-state index in [9.17, 15) is 4.79 Å². The third-order valence-electron chi connectivity index (χ3n) is 2.50. The lowest BCUT2D eigenvalue weighted by atomic mass is 10.0. The average Bonchev–Trinajstić information content (AvgIpc) is 2.29. The Balaban J connectivity index is 2.03. The molecule has 0 saturated carbocycles. The summed E-state index contributed by atoms with van der Waals surface area (Å²) in [6, 6.07) is 9.79. The van der Waals surface area contributed by atoms with E-state index < -0.39 is 0 Å². The maximum absolute atomic E-state index is 11.4. The second-order valence-electron chi connectivity index (χ2n) is 4.76. The summed E-state index contributed by atoms with van der Waals surface area (Å²) in [4.78, 5) is 11.4. The van der Waals surface area contributed by atoms with Crippen molar-refractivity contribution in [2.24, 2.45) is 5.92 Å². The number of Topliss-reactive ketones (excluding diaryl/α,β-unsaturated/α-hetero) is 1. The van der Waals surface area contributed by atoms with Gasteiger partial charge >= 0.3 is 0 Å². The molecule has 0 saturated heterocycles. The van der Waals surface area contributed by atoms with Crippen molar-refractivity contribution in [3.8, 4) is 5.75 Å². The summed E-state index contributed by atoms with van der Waals surface area (Å²) in [5.74, 6) is 1.75. The Hall–Kier alpha value is -1.31. The summed E-state index contributed by atoms with van der Waals surface area (Å²) in [6.07, 6.45) is 3.27. The van der Waals surface area contributed by atoms with Crippen LogP contribution < -0.4 is 4.74 Å². The molecular formula is C15H22O2. The van der Waals surface area contributed by atoms with Gasteiger partial charge in [-0.15, -0.1) is 0 Å². The molecule has 94 valence electrons. The molecule has 0 fully saturated rings. The van der Waals surface area contributed by atoms with Crippen LogP contribution in [0.4, 0.5) is 0 Å². The van der Waals surface area contributed by atoms with Crippen molar-refractivity contribution < 1.29 is 9.53 Å². The van der Waals surface area contributed by atoms with Crippen molar-refractivity contribution in [1.82, 2.24) is 0 Å². The highest BCUT2D eigenvalue weighted by Crippen LogP contribution is 2.10. The highest BCUT2D eigenvalue weighted by atomic mass is 16.5. The van der Waals surface area contributed by atoms with Gasteiger partial charge in [0.2, 0.25) is 0 Å². The number of ketones is 1. The number of hydrogen-bond acceptors (Lipinski definition) is 2. The fourth-order valence-electron chi connectivity index (χ4n) is 1.69. The summed E-state index contributed by atoms with van der Waals surface area (Å²) < 4.78 is 5.56. The third kappa shape index (κ3) is 6.77. The van der Waals surface area contributed by atoms with E-state index in [4.69, 9.17) is 4.74 Å². The highest BCUT2D eigenvalue weighted by Gasteiger charge is 2.04. The van der Waals surface area contributed by atoms with Gasteiger partial charge in [-0.3, -0.25) is 4.79 Å². The third-order valence-corrected chi connectivity index (χ3v) is 2.50. The van der Waals surface area contributed by atoms with E-state index in [1.54, 1.807) is 0 Å². The normalized spacial score (nSPS) is 10.5. The van der Waals surface area contributed by atoms with Crippen molar-refractivity contribution >= 4 is 5.78 Å². The molecule has 0 aliphatic rings. The van der Waals surface area contributed by atoms with E-state index in [2.05, 4.69) is 13.8 Å². The Morgan fingerprint density at radius 1 is 1.18 bits per heavy atom. The summed E-state index contributed by atoms with van der Waals surface area (Å²) in [5.41, 5.74) is 0. The van der Waals surface area contributed by atoms with Gasteiger partial charge in [0, 0.05) is 12.8 Å². The summed E-state index contributed by atoms with van der Waals surface area (Å²) in [6.45, 7) is 4.85. The van der Waals surface area contributed by atoms with Gasteiger partial charge in [-0.2, -0.15) is 0 Å². The topological polar surface area (TPSA) is 26.3 Å². The SMILES string of the molecule is CC(C)CC(=O)CCCCOc1ccccc1. The first-order valence-corrected chi connectivity index (χ1v) is 6.38. The molecule has 0 N–H and O–H groups in total. The molecule has 1 aromatic rings. The van der Waals surface area contributed by atoms with Gasteiger partial charge in [-0.05, 0) is 30.9 Å². The maximum Gasteiger partial charge on any atom is 0.133 e. The molecule has 0 heterocycles. The van der Waals surface area contributed by atoms with E-state index in [1.807, 2.05) is 30.3 Å². The molecule has 17 heavy (non-hydrogen) atoms. The predicted molar refractivity (Wildman–Crippen MR) is 70.3 cm³/mol. The molecule has 1 rings (SSSR count). The van der Waals surface area contributed by atoms with Crippen LogP contribution in [0.2, 0.25) is 0 Å². The van der Waals surface area contributed by atoms with Gasteiger partial charge in [0.15, 0.2) is 0 Å². The van der Waals surface area contributed by atoms with Gasteiger partial charge in [0.25, 0.3) is 0 Å². The number of para-hydroxylation sites is 1. The Bertz CT molecular complexity index is 317. The quantitative estimate of drug-likeness (QED) is 0.639. The number of carbonyl (C=O) groups excluding carboxylic acids is 1. The van der Waals surface area contributed by atoms with E-state index in [0.29, 0.717) is 31.1 Å².